The fraction of sp³-hybridized carbons (Fsp3) is 0.143. The zero-order chi connectivity index (χ0) is 36.6. The molecule has 0 bridgehead atoms. The van der Waals surface area contributed by atoms with Gasteiger partial charge in [0.25, 0.3) is 10.1 Å². The summed E-state index contributed by atoms with van der Waals surface area (Å²) in [5.74, 6) is -1.12. The van der Waals surface area contributed by atoms with E-state index in [4.69, 9.17) is 15.3 Å². The quantitative estimate of drug-likeness (QED) is 0.00897. The molecule has 18 nitrogen and oxygen atoms in total. The summed E-state index contributed by atoms with van der Waals surface area (Å²) in [6.07, 6.45) is 1.05. The van der Waals surface area contributed by atoms with Gasteiger partial charge in [-0.2, -0.15) is 13.5 Å². The van der Waals surface area contributed by atoms with Gasteiger partial charge in [0.05, 0.1) is 56.4 Å². The first-order chi connectivity index (χ1) is 23.7. The molecule has 4 rings (SSSR count). The Kier molecular flexibility index (Phi) is 14.7. The van der Waals surface area contributed by atoms with Crippen LogP contribution in [0.4, 0.5) is 28.4 Å². The summed E-state index contributed by atoms with van der Waals surface area (Å²) < 4.78 is 69.5. The van der Waals surface area contributed by atoms with Crippen LogP contribution >= 0.6 is 24.1 Å². The molecule has 0 heterocycles. The van der Waals surface area contributed by atoms with Gasteiger partial charge in [0.1, 0.15) is 34.0 Å². The molecule has 6 N–H and O–H groups in total. The molecule has 0 amide bonds. The molecule has 0 aromatic heterocycles. The predicted molar refractivity (Wildman–Crippen MR) is 182 cm³/mol. The van der Waals surface area contributed by atoms with Crippen LogP contribution in [0.1, 0.15) is 0 Å². The number of nitrogens with zero attached hydrogens (tertiary/aromatic N) is 5. The van der Waals surface area contributed by atoms with Crippen LogP contribution in [-0.2, 0) is 55.6 Å². The predicted octanol–water partition coefficient (Wildman–Crippen LogP) is 6.77. The Bertz CT molecular complexity index is 2170. The third-order valence-electron chi connectivity index (χ3n) is 6.46. The average Bonchev–Trinajstić information content (AvgIpc) is 3.06. The van der Waals surface area contributed by atoms with E-state index in [1.165, 1.54) is 48.5 Å². The van der Waals surface area contributed by atoms with Gasteiger partial charge in [0.2, 0.25) is 0 Å². The Balaban J connectivity index is 0.00000702. The zero-order valence-corrected chi connectivity index (χ0v) is 30.4. The smallest absolute Gasteiger partial charge is 0.296 e. The van der Waals surface area contributed by atoms with Crippen molar-refractivity contribution in [2.75, 3.05) is 32.1 Å². The topological polar surface area (TPSA) is 265 Å². The number of rotatable bonds is 16. The van der Waals surface area contributed by atoms with Crippen LogP contribution < -0.4 is 5.73 Å². The molecule has 1 radical (unpaired) electrons. The number of fused-ring (bicyclic) bond motifs is 1. The van der Waals surface area contributed by atoms with E-state index in [2.05, 4.69) is 41.3 Å². The first-order valence-corrected chi connectivity index (χ1v) is 18.2. The number of anilines is 1. The number of hydrogen-bond acceptors (Lipinski definition) is 19. The Morgan fingerprint density at radius 3 is 2.24 bits per heavy atom. The second-order valence-electron chi connectivity index (χ2n) is 10.1. The molecule has 0 fully saturated rings. The molecule has 51 heavy (non-hydrogen) atoms. The van der Waals surface area contributed by atoms with Crippen LogP contribution in [0.25, 0.3) is 10.8 Å². The average molecular weight is 832 g/mol. The van der Waals surface area contributed by atoms with E-state index in [0.717, 1.165) is 24.4 Å². The molecule has 0 saturated carbocycles. The molecule has 277 valence electrons. The largest absolute Gasteiger partial charge is 0.506 e. The minimum absolute atomic E-state index is 0. The summed E-state index contributed by atoms with van der Waals surface area (Å²) in [7, 11) is -5.12. The molecule has 0 aliphatic carbocycles. The molecule has 0 unspecified atom stereocenters. The maximum atomic E-state index is 12.6. The van der Waals surface area contributed by atoms with Crippen LogP contribution in [-0.4, -0.2) is 68.2 Å². The Labute approximate surface area is 310 Å². The van der Waals surface area contributed by atoms with Crippen LogP contribution in [0.15, 0.2) is 107 Å². The number of hydrogen-bond donors (Lipinski definition) is 5. The Morgan fingerprint density at radius 2 is 1.61 bits per heavy atom. The van der Waals surface area contributed by atoms with Gasteiger partial charge in [0.15, 0.2) is 15.6 Å². The number of benzene rings is 4. The van der Waals surface area contributed by atoms with Gasteiger partial charge in [-0.15, -0.1) is 24.0 Å². The molecule has 0 atom stereocenters. The van der Waals surface area contributed by atoms with Crippen molar-refractivity contribution >= 4 is 83.3 Å². The van der Waals surface area contributed by atoms with Gasteiger partial charge >= 0.3 is 0 Å². The van der Waals surface area contributed by atoms with Crippen molar-refractivity contribution in [2.24, 2.45) is 20.5 Å². The summed E-state index contributed by atoms with van der Waals surface area (Å²) in [6, 6.07) is 11.6. The number of nitrogen functional groups attached to an aromatic ring is 1. The van der Waals surface area contributed by atoms with Crippen LogP contribution in [0.3, 0.4) is 0 Å². The number of phenols is 2. The van der Waals surface area contributed by atoms with Gasteiger partial charge < -0.3 is 25.7 Å². The summed E-state index contributed by atoms with van der Waals surface area (Å²) in [4.78, 5) is 5.89. The number of azo groups is 2. The summed E-state index contributed by atoms with van der Waals surface area (Å²) in [5.41, 5.74) is 4.96. The monoisotopic (exact) mass is 831 g/mol. The maximum Gasteiger partial charge on any atom is 0.296 e. The Hall–Kier alpha value is -3.84. The minimum atomic E-state index is -5.01. The van der Waals surface area contributed by atoms with Gasteiger partial charge in [-0.05, 0) is 74.1 Å². The molecule has 4 aromatic carbocycles. The van der Waals surface area contributed by atoms with Crippen molar-refractivity contribution in [3.8, 4) is 11.5 Å². The van der Waals surface area contributed by atoms with Crippen LogP contribution in [0.5, 0.6) is 11.5 Å². The molecule has 4 aromatic rings. The normalized spacial score (nSPS) is 12.2. The second-order valence-corrected chi connectivity index (χ2v) is 15.1. The fourth-order valence-corrected chi connectivity index (χ4v) is 7.11. The molecular formula is C28H28CuN6O12S4. The number of nitrogens with two attached hydrogens (primary N) is 1. The van der Waals surface area contributed by atoms with E-state index in [9.17, 15) is 31.6 Å². The van der Waals surface area contributed by atoms with Crippen molar-refractivity contribution in [3.63, 3.8) is 0 Å². The van der Waals surface area contributed by atoms with Crippen molar-refractivity contribution in [3.05, 3.63) is 67.4 Å². The number of sulfone groups is 1. The van der Waals surface area contributed by atoms with Gasteiger partial charge in [-0.3, -0.25) is 4.55 Å². The van der Waals surface area contributed by atoms with Crippen molar-refractivity contribution in [2.45, 2.75) is 19.6 Å². The standard InChI is InChI=1S/C28H28N6O12S4.Cu/c1-4-43-45-47-18-7-10-21(35)20(15-18)31-32-26-22(48-46-44-37)13-16-14-23(50(40,41)42)27(25(29)24(16)28(26)36)33-30-17-5-8-19(9-6-17)49(38,39)12-11-34(2)3;/h4-10,13-15,35-37H,1,11-12,29H2,2-3H3,(H,40,41,42);. The minimum Gasteiger partial charge on any atom is -0.506 e. The second kappa shape index (κ2) is 18.1. The maximum absolute atomic E-state index is 12.6. The van der Waals surface area contributed by atoms with Crippen molar-refractivity contribution in [1.29, 1.82) is 0 Å². The molecule has 23 heteroatoms. The van der Waals surface area contributed by atoms with E-state index < -0.39 is 42.0 Å². The van der Waals surface area contributed by atoms with Crippen molar-refractivity contribution < 1.29 is 72.5 Å². The van der Waals surface area contributed by atoms with Gasteiger partial charge in [-0.1, -0.05) is 11.6 Å². The van der Waals surface area contributed by atoms with Gasteiger partial charge in [-0.25, -0.2) is 13.7 Å². The summed E-state index contributed by atoms with van der Waals surface area (Å²) >= 11 is 1.10. The number of phenolic OH excluding ortho intramolecular Hbond substituents is 2. The third-order valence-corrected chi connectivity index (χ3v) is 10.2. The van der Waals surface area contributed by atoms with Crippen LogP contribution in [0, 0.1) is 0 Å². The molecular weight excluding hydrogens is 804 g/mol. The van der Waals surface area contributed by atoms with Crippen LogP contribution in [0.2, 0.25) is 0 Å². The van der Waals surface area contributed by atoms with E-state index in [1.54, 1.807) is 19.0 Å². The van der Waals surface area contributed by atoms with Gasteiger partial charge in [0, 0.05) is 28.5 Å². The third kappa shape index (κ3) is 10.6. The van der Waals surface area contributed by atoms with E-state index in [1.807, 2.05) is 0 Å². The molecule has 0 aliphatic rings. The van der Waals surface area contributed by atoms with E-state index in [-0.39, 0.29) is 66.2 Å². The van der Waals surface area contributed by atoms with Crippen molar-refractivity contribution in [1.82, 2.24) is 4.90 Å². The zero-order valence-electron chi connectivity index (χ0n) is 26.2. The SMILES string of the molecule is C=COOSc1ccc(O)c(N=Nc2c(SOOO)cc3cc(S(=O)(=O)O)c(N=Nc4ccc(S(=O)(=O)CCN(C)C)cc4)c(N)c3c2O)c1.[Cu]. The van der Waals surface area contributed by atoms with E-state index in [0.29, 0.717) is 23.5 Å². The molecule has 0 aliphatic heterocycles. The van der Waals surface area contributed by atoms with E-state index >= 15 is 0 Å². The fourth-order valence-electron chi connectivity index (χ4n) is 4.10. The summed E-state index contributed by atoms with van der Waals surface area (Å²) in [6.45, 7) is 3.65. The summed E-state index contributed by atoms with van der Waals surface area (Å²) in [5, 5.41) is 49.7. The first-order valence-electron chi connectivity index (χ1n) is 13.7. The number of aromatic hydroxyl groups is 2. The molecule has 0 spiro atoms. The first kappa shape index (κ1) is 41.6. The molecule has 0 saturated heterocycles. The Morgan fingerprint density at radius 1 is 0.922 bits per heavy atom.